The number of aliphatic hydroxyl groups excluding tert-OH is 1. The Labute approximate surface area is 467 Å². The fourth-order valence-electron chi connectivity index (χ4n) is 13.6. The molecule has 4 aliphatic carbocycles. The molecule has 1 heterocycles. The number of nitrogens with zero attached hydrogens (tertiary/aromatic N) is 3. The molecule has 0 radical (unpaired) electrons. The summed E-state index contributed by atoms with van der Waals surface area (Å²) in [4.78, 5) is 51.5. The van der Waals surface area contributed by atoms with Crippen molar-refractivity contribution in [3.63, 3.8) is 0 Å². The Morgan fingerprint density at radius 1 is 0.785 bits per heavy atom. The van der Waals surface area contributed by atoms with E-state index in [9.17, 15) is 34.5 Å². The standard InChI is InChI=1S/C63H88N6O10/c1-41(2)11-10-12-42(3)50-19-20-51-48-18-17-45-37-47(25-29-62(45,4)52(48)26-30-63(50,51)5)79-40-61(76)66-33-28-60(75)65-32-27-59(74)64-31-8-9-34-69-39-46(67-68-69)38-49(53(70)21-13-43-15-23-55(72)57(35-43)77-6)54(71)22-14-44-16-24-56(73)58(36-44)78-7/h13-17,21-24,35-36,39,41-42,47-48,50-52,70,72-73H,8-12,18-20,25-34,37-38,40H2,1-7H3,(H,64,74)(H,65,75)(H,66,76)/b21-13+,22-14+,53-49-/t42-,47+,48+,50-,51+,52+,62+,63-/m1/s1. The van der Waals surface area contributed by atoms with Crippen molar-refractivity contribution in [1.29, 1.82) is 0 Å². The number of phenolic OH excluding ortho intramolecular Hbond substituents is 2. The van der Waals surface area contributed by atoms with Crippen LogP contribution in [-0.4, -0.2) is 100 Å². The van der Waals surface area contributed by atoms with Crippen LogP contribution in [-0.2, 0) is 36.9 Å². The van der Waals surface area contributed by atoms with Crippen molar-refractivity contribution in [3.8, 4) is 23.0 Å². The minimum atomic E-state index is -0.483. The van der Waals surface area contributed by atoms with E-state index in [2.05, 4.69) is 67.0 Å². The van der Waals surface area contributed by atoms with Crippen molar-refractivity contribution < 1.29 is 48.7 Å². The second kappa shape index (κ2) is 28.1. The van der Waals surface area contributed by atoms with Crippen molar-refractivity contribution in [2.75, 3.05) is 40.5 Å². The summed E-state index contributed by atoms with van der Waals surface area (Å²) in [6.07, 6.45) is 25.3. The first kappa shape index (κ1) is 60.2. The number of methoxy groups -OCH3 is 2. The summed E-state index contributed by atoms with van der Waals surface area (Å²) in [6, 6.07) is 9.34. The SMILES string of the molecule is COc1cc(/C=C/C(=O)/C(Cc2cn(CCCCNC(=O)CCNC(=O)CCNC(=O)CO[C@H]3CC[C@@]4(C)C(=CC[C@H]5[C@@H]6CC[C@H]([C@H](C)CCCC(C)C)[C@@]6(C)CC[C@@H]54)C3)nn2)=C(O)/C=C/c2ccc(O)c(OC)c2)ccc1O. The van der Waals surface area contributed by atoms with E-state index in [1.165, 1.54) is 89.9 Å². The van der Waals surface area contributed by atoms with Crippen LogP contribution in [0, 0.1) is 46.3 Å². The highest BCUT2D eigenvalue weighted by Gasteiger charge is 2.59. The Kier molecular flexibility index (Phi) is 21.4. The number of aliphatic hydroxyl groups is 1. The number of hydrogen-bond acceptors (Lipinski definition) is 12. The number of carbonyl (C=O) groups is 4. The molecule has 0 unspecified atom stereocenters. The summed E-state index contributed by atoms with van der Waals surface area (Å²) in [5, 5.41) is 48.1. The predicted octanol–water partition coefficient (Wildman–Crippen LogP) is 10.4. The van der Waals surface area contributed by atoms with Gasteiger partial charge in [-0.15, -0.1) is 5.10 Å². The van der Waals surface area contributed by atoms with E-state index in [1.807, 2.05) is 0 Å². The number of carbonyl (C=O) groups excluding carboxylic acids is 4. The summed E-state index contributed by atoms with van der Waals surface area (Å²) >= 11 is 0. The first-order valence-corrected chi connectivity index (χ1v) is 29.0. The summed E-state index contributed by atoms with van der Waals surface area (Å²) in [5.74, 6) is 3.78. The van der Waals surface area contributed by atoms with E-state index in [0.29, 0.717) is 48.2 Å². The summed E-state index contributed by atoms with van der Waals surface area (Å²) < 4.78 is 18.2. The summed E-state index contributed by atoms with van der Waals surface area (Å²) in [6.45, 7) is 13.7. The third-order valence-electron chi connectivity index (χ3n) is 18.0. The number of ketones is 1. The van der Waals surface area contributed by atoms with Crippen molar-refractivity contribution in [2.45, 2.75) is 150 Å². The van der Waals surface area contributed by atoms with Gasteiger partial charge in [-0.05, 0) is 158 Å². The fourth-order valence-corrected chi connectivity index (χ4v) is 13.6. The molecule has 4 aliphatic rings. The van der Waals surface area contributed by atoms with Gasteiger partial charge in [0, 0.05) is 57.2 Å². The molecule has 2 aromatic carbocycles. The number of fused-ring (bicyclic) bond motifs is 5. The zero-order chi connectivity index (χ0) is 56.7. The highest BCUT2D eigenvalue weighted by molar-refractivity contribution is 6.07. The first-order valence-electron chi connectivity index (χ1n) is 29.0. The number of aryl methyl sites for hydroxylation is 1. The number of phenols is 2. The number of aromatic hydroxyl groups is 2. The Balaban J connectivity index is 0.765. The van der Waals surface area contributed by atoms with E-state index in [0.717, 1.165) is 54.8 Å². The third kappa shape index (κ3) is 15.9. The zero-order valence-electron chi connectivity index (χ0n) is 47.9. The molecule has 3 fully saturated rings. The number of allylic oxidation sites excluding steroid dienone is 4. The molecule has 3 saturated carbocycles. The molecule has 0 bridgehead atoms. The van der Waals surface area contributed by atoms with Crippen molar-refractivity contribution in [1.82, 2.24) is 30.9 Å². The molecule has 6 N–H and O–H groups in total. The van der Waals surface area contributed by atoms with Gasteiger partial charge in [0.1, 0.15) is 12.4 Å². The van der Waals surface area contributed by atoms with Crippen molar-refractivity contribution in [2.24, 2.45) is 46.3 Å². The van der Waals surface area contributed by atoms with Gasteiger partial charge in [-0.2, -0.15) is 0 Å². The van der Waals surface area contributed by atoms with Crippen LogP contribution in [0.2, 0.25) is 0 Å². The van der Waals surface area contributed by atoms with Crippen LogP contribution < -0.4 is 25.4 Å². The topological polar surface area (TPSA) is 223 Å². The molecule has 430 valence electrons. The minimum absolute atomic E-state index is 0.0229. The number of aromatic nitrogens is 3. The van der Waals surface area contributed by atoms with Crippen LogP contribution in [0.25, 0.3) is 12.2 Å². The second-order valence-electron chi connectivity index (χ2n) is 23.6. The van der Waals surface area contributed by atoms with Crippen molar-refractivity contribution >= 4 is 35.7 Å². The average Bonchev–Trinajstić information content (AvgIpc) is 4.28. The molecule has 16 heteroatoms. The Bertz CT molecular complexity index is 2710. The minimum Gasteiger partial charge on any atom is -0.508 e. The van der Waals surface area contributed by atoms with Crippen molar-refractivity contribution in [3.05, 3.63) is 94.5 Å². The fraction of sp³-hybridized carbons (Fsp3) is 0.587. The van der Waals surface area contributed by atoms with Crippen LogP contribution in [0.5, 0.6) is 23.0 Å². The predicted molar refractivity (Wildman–Crippen MR) is 306 cm³/mol. The molecule has 3 aromatic rings. The van der Waals surface area contributed by atoms with Crippen LogP contribution in [0.4, 0.5) is 0 Å². The lowest BCUT2D eigenvalue weighted by Gasteiger charge is -2.58. The summed E-state index contributed by atoms with van der Waals surface area (Å²) in [7, 11) is 2.86. The molecule has 79 heavy (non-hydrogen) atoms. The maximum atomic E-state index is 13.6. The molecular formula is C63H88N6O10. The maximum Gasteiger partial charge on any atom is 0.246 e. The van der Waals surface area contributed by atoms with Gasteiger partial charge < -0.3 is 45.5 Å². The lowest BCUT2D eigenvalue weighted by Crippen LogP contribution is -2.51. The molecule has 7 rings (SSSR count). The molecule has 3 amide bonds. The average molecular weight is 1090 g/mol. The Hall–Kier alpha value is -6.42. The Morgan fingerprint density at radius 2 is 1.44 bits per heavy atom. The number of unbranched alkanes of at least 4 members (excludes halogenated alkanes) is 1. The molecule has 1 aromatic heterocycles. The van der Waals surface area contributed by atoms with E-state index in [4.69, 9.17) is 14.2 Å². The van der Waals surface area contributed by atoms with Gasteiger partial charge in [0.2, 0.25) is 17.7 Å². The second-order valence-corrected chi connectivity index (χ2v) is 23.6. The number of nitrogens with one attached hydrogen (secondary N) is 3. The first-order chi connectivity index (χ1) is 37.9. The number of hydrogen-bond donors (Lipinski definition) is 6. The number of benzene rings is 2. The lowest BCUT2D eigenvalue weighted by atomic mass is 9.47. The molecule has 0 spiro atoms. The number of amides is 3. The van der Waals surface area contributed by atoms with E-state index >= 15 is 0 Å². The maximum absolute atomic E-state index is 13.6. The molecule has 0 aliphatic heterocycles. The quantitative estimate of drug-likeness (QED) is 0.0131. The van der Waals surface area contributed by atoms with Gasteiger partial charge in [0.25, 0.3) is 0 Å². The molecule has 8 atom stereocenters. The Morgan fingerprint density at radius 3 is 2.11 bits per heavy atom. The largest absolute Gasteiger partial charge is 0.508 e. The van der Waals surface area contributed by atoms with Gasteiger partial charge >= 0.3 is 0 Å². The van der Waals surface area contributed by atoms with Gasteiger partial charge in [-0.25, -0.2) is 0 Å². The smallest absolute Gasteiger partial charge is 0.246 e. The molecule has 0 saturated heterocycles. The lowest BCUT2D eigenvalue weighted by molar-refractivity contribution is -0.129. The van der Waals surface area contributed by atoms with Crippen LogP contribution >= 0.6 is 0 Å². The van der Waals surface area contributed by atoms with E-state index in [-0.39, 0.29) is 103 Å². The summed E-state index contributed by atoms with van der Waals surface area (Å²) in [5.41, 5.74) is 3.94. The molecule has 16 nitrogen and oxygen atoms in total. The van der Waals surface area contributed by atoms with Gasteiger partial charge in [-0.3, -0.25) is 23.9 Å². The number of rotatable bonds is 28. The van der Waals surface area contributed by atoms with Gasteiger partial charge in [0.15, 0.2) is 28.8 Å². The third-order valence-corrected chi connectivity index (χ3v) is 18.0. The highest BCUT2D eigenvalue weighted by Crippen LogP contribution is 2.67. The van der Waals surface area contributed by atoms with E-state index in [1.54, 1.807) is 52.9 Å². The molecular weight excluding hydrogens is 1000 g/mol. The highest BCUT2D eigenvalue weighted by atomic mass is 16.5. The normalized spacial score (nSPS) is 24.3. The monoisotopic (exact) mass is 1090 g/mol. The zero-order valence-corrected chi connectivity index (χ0v) is 47.9. The van der Waals surface area contributed by atoms with Gasteiger partial charge in [-0.1, -0.05) is 95.0 Å². The van der Waals surface area contributed by atoms with Crippen LogP contribution in [0.1, 0.15) is 148 Å². The number of ether oxygens (including phenoxy) is 3. The van der Waals surface area contributed by atoms with E-state index < -0.39 is 5.78 Å². The van der Waals surface area contributed by atoms with Crippen LogP contribution in [0.15, 0.2) is 77.7 Å². The van der Waals surface area contributed by atoms with Crippen LogP contribution in [0.3, 0.4) is 0 Å². The van der Waals surface area contributed by atoms with Gasteiger partial charge in [0.05, 0.1) is 26.0 Å².